The summed E-state index contributed by atoms with van der Waals surface area (Å²) in [5, 5.41) is 0.854. The van der Waals surface area contributed by atoms with Gasteiger partial charge >= 0.3 is 0 Å². The summed E-state index contributed by atoms with van der Waals surface area (Å²) in [6.07, 6.45) is 6.27. The van der Waals surface area contributed by atoms with E-state index in [2.05, 4.69) is 9.97 Å². The molecule has 0 aromatic carbocycles. The van der Waals surface area contributed by atoms with Crippen LogP contribution in [0.25, 0.3) is 10.2 Å². The zero-order valence-corrected chi connectivity index (χ0v) is 13.7. The standard InChI is InChI=1S/C14H13N3OS3/c18-13-11-9-3-1-2-4-10(9)21-12(11)16-14(19)17(13)6-8-5-15-7-20-8/h5,7H,1-4,6H2,(H,16,19). The van der Waals surface area contributed by atoms with E-state index in [1.54, 1.807) is 38.9 Å². The smallest absolute Gasteiger partial charge is 0.263 e. The second-order valence-corrected chi connectivity index (χ2v) is 7.67. The largest absolute Gasteiger partial charge is 0.323 e. The lowest BCUT2D eigenvalue weighted by Gasteiger charge is -2.10. The van der Waals surface area contributed by atoms with E-state index in [9.17, 15) is 4.79 Å². The summed E-state index contributed by atoms with van der Waals surface area (Å²) >= 11 is 8.62. The number of thiazole rings is 1. The average molecular weight is 335 g/mol. The first-order chi connectivity index (χ1) is 10.2. The van der Waals surface area contributed by atoms with Gasteiger partial charge in [0.15, 0.2) is 4.77 Å². The van der Waals surface area contributed by atoms with Crippen LogP contribution in [0.4, 0.5) is 0 Å². The lowest BCUT2D eigenvalue weighted by atomic mass is 9.97. The van der Waals surface area contributed by atoms with E-state index in [0.29, 0.717) is 11.3 Å². The highest BCUT2D eigenvalue weighted by atomic mass is 32.1. The minimum Gasteiger partial charge on any atom is -0.323 e. The molecule has 0 fully saturated rings. The van der Waals surface area contributed by atoms with E-state index in [4.69, 9.17) is 12.2 Å². The van der Waals surface area contributed by atoms with Crippen molar-refractivity contribution in [1.82, 2.24) is 14.5 Å². The Morgan fingerprint density at radius 3 is 3.05 bits per heavy atom. The van der Waals surface area contributed by atoms with Crippen LogP contribution in [-0.4, -0.2) is 14.5 Å². The molecule has 0 atom stereocenters. The van der Waals surface area contributed by atoms with Crippen LogP contribution in [0, 0.1) is 4.77 Å². The normalized spacial score (nSPS) is 14.5. The highest BCUT2D eigenvalue weighted by Gasteiger charge is 2.20. The molecule has 0 unspecified atom stereocenters. The molecule has 1 N–H and O–H groups in total. The molecule has 0 saturated carbocycles. The number of fused-ring (bicyclic) bond motifs is 3. The third-order valence-corrected chi connectivity index (χ3v) is 6.19. The van der Waals surface area contributed by atoms with Crippen LogP contribution in [0.5, 0.6) is 0 Å². The van der Waals surface area contributed by atoms with Crippen LogP contribution in [0.2, 0.25) is 0 Å². The van der Waals surface area contributed by atoms with Gasteiger partial charge in [-0.2, -0.15) is 0 Å². The molecule has 3 aromatic rings. The van der Waals surface area contributed by atoms with Crippen LogP contribution < -0.4 is 5.56 Å². The Hall–Kier alpha value is -1.31. The van der Waals surface area contributed by atoms with E-state index in [0.717, 1.165) is 27.9 Å². The second-order valence-electron chi connectivity index (χ2n) is 5.20. The first kappa shape index (κ1) is 13.4. The van der Waals surface area contributed by atoms with Crippen LogP contribution in [-0.2, 0) is 19.4 Å². The molecule has 0 spiro atoms. The van der Waals surface area contributed by atoms with E-state index in [-0.39, 0.29) is 5.56 Å². The van der Waals surface area contributed by atoms with Crippen molar-refractivity contribution < 1.29 is 0 Å². The quantitative estimate of drug-likeness (QED) is 0.729. The lowest BCUT2D eigenvalue weighted by Crippen LogP contribution is -2.22. The predicted octanol–water partition coefficient (Wildman–Crippen LogP) is 3.50. The molecule has 3 heterocycles. The molecule has 3 aromatic heterocycles. The molecule has 1 aliphatic rings. The molecule has 4 nitrogen and oxygen atoms in total. The zero-order valence-electron chi connectivity index (χ0n) is 11.2. The molecule has 7 heteroatoms. The van der Waals surface area contributed by atoms with Crippen molar-refractivity contribution in [2.24, 2.45) is 0 Å². The van der Waals surface area contributed by atoms with Gasteiger partial charge in [0, 0.05) is 16.0 Å². The van der Waals surface area contributed by atoms with Gasteiger partial charge in [0.05, 0.1) is 17.4 Å². The zero-order chi connectivity index (χ0) is 14.4. The Bertz CT molecular complexity index is 917. The highest BCUT2D eigenvalue weighted by molar-refractivity contribution is 7.71. The number of hydrogen-bond acceptors (Lipinski definition) is 5. The van der Waals surface area contributed by atoms with Crippen LogP contribution >= 0.6 is 34.9 Å². The molecule has 4 rings (SSSR count). The van der Waals surface area contributed by atoms with Crippen molar-refractivity contribution in [1.29, 1.82) is 0 Å². The molecular weight excluding hydrogens is 322 g/mol. The maximum atomic E-state index is 12.9. The van der Waals surface area contributed by atoms with Crippen LogP contribution in [0.3, 0.4) is 0 Å². The molecule has 1 aliphatic carbocycles. The van der Waals surface area contributed by atoms with Gasteiger partial charge < -0.3 is 4.98 Å². The van der Waals surface area contributed by atoms with Crippen LogP contribution in [0.15, 0.2) is 16.5 Å². The number of aromatic amines is 1. The number of rotatable bonds is 2. The molecule has 0 saturated heterocycles. The molecule has 0 radical (unpaired) electrons. The fraction of sp³-hybridized carbons (Fsp3) is 0.357. The van der Waals surface area contributed by atoms with E-state index in [1.165, 1.54) is 23.3 Å². The van der Waals surface area contributed by atoms with Crippen molar-refractivity contribution >= 4 is 45.1 Å². The van der Waals surface area contributed by atoms with Crippen molar-refractivity contribution in [2.75, 3.05) is 0 Å². The maximum absolute atomic E-state index is 12.9. The number of nitrogens with zero attached hydrogens (tertiary/aromatic N) is 2. The third-order valence-electron chi connectivity index (χ3n) is 3.89. The molecule has 21 heavy (non-hydrogen) atoms. The van der Waals surface area contributed by atoms with Crippen LogP contribution in [0.1, 0.15) is 28.2 Å². The van der Waals surface area contributed by atoms with Gasteiger partial charge in [-0.05, 0) is 43.5 Å². The summed E-state index contributed by atoms with van der Waals surface area (Å²) in [4.78, 5) is 23.5. The monoisotopic (exact) mass is 335 g/mol. The minimum absolute atomic E-state index is 0.0431. The average Bonchev–Trinajstić information content (AvgIpc) is 3.10. The van der Waals surface area contributed by atoms with Crippen molar-refractivity contribution in [3.05, 3.63) is 42.1 Å². The Morgan fingerprint density at radius 1 is 1.38 bits per heavy atom. The highest BCUT2D eigenvalue weighted by Crippen LogP contribution is 2.33. The molecule has 108 valence electrons. The molecule has 0 aliphatic heterocycles. The second kappa shape index (κ2) is 5.15. The van der Waals surface area contributed by atoms with Gasteiger partial charge in [0.2, 0.25) is 0 Å². The topological polar surface area (TPSA) is 50.7 Å². The SMILES string of the molecule is O=c1c2c3c(sc2[nH]c(=S)n1Cc1cncs1)CCCC3. The Kier molecular flexibility index (Phi) is 3.28. The minimum atomic E-state index is 0.0431. The van der Waals surface area contributed by atoms with Gasteiger partial charge in [-0.25, -0.2) is 0 Å². The maximum Gasteiger partial charge on any atom is 0.263 e. The summed E-state index contributed by atoms with van der Waals surface area (Å²) in [7, 11) is 0. The number of aromatic nitrogens is 3. The Morgan fingerprint density at radius 2 is 2.24 bits per heavy atom. The Labute approximate surface area is 134 Å². The van der Waals surface area contributed by atoms with Gasteiger partial charge in [0.1, 0.15) is 4.83 Å². The first-order valence-electron chi connectivity index (χ1n) is 6.89. The number of H-pyrrole nitrogens is 1. The van der Waals surface area contributed by atoms with Gasteiger partial charge in [0.25, 0.3) is 5.56 Å². The van der Waals surface area contributed by atoms with E-state index >= 15 is 0 Å². The first-order valence-corrected chi connectivity index (χ1v) is 8.99. The van der Waals surface area contributed by atoms with Gasteiger partial charge in [-0.15, -0.1) is 22.7 Å². The molecule has 0 amide bonds. The fourth-order valence-electron chi connectivity index (χ4n) is 2.89. The van der Waals surface area contributed by atoms with Gasteiger partial charge in [-0.3, -0.25) is 14.3 Å². The summed E-state index contributed by atoms with van der Waals surface area (Å²) in [5.74, 6) is 0. The third kappa shape index (κ3) is 2.20. The Balaban J connectivity index is 1.95. The molecular formula is C14H13N3OS3. The number of hydrogen-bond donors (Lipinski definition) is 1. The number of aryl methyl sites for hydroxylation is 2. The van der Waals surface area contributed by atoms with Crippen molar-refractivity contribution in [3.8, 4) is 0 Å². The van der Waals surface area contributed by atoms with Crippen molar-refractivity contribution in [3.63, 3.8) is 0 Å². The predicted molar refractivity (Wildman–Crippen MR) is 89.1 cm³/mol. The number of thiophene rings is 1. The summed E-state index contributed by atoms with van der Waals surface area (Å²) in [6.45, 7) is 0.499. The van der Waals surface area contributed by atoms with Gasteiger partial charge in [-0.1, -0.05) is 0 Å². The summed E-state index contributed by atoms with van der Waals surface area (Å²) < 4.78 is 2.16. The number of nitrogens with one attached hydrogen (secondary N) is 1. The summed E-state index contributed by atoms with van der Waals surface area (Å²) in [5.41, 5.74) is 3.06. The van der Waals surface area contributed by atoms with E-state index < -0.39 is 0 Å². The van der Waals surface area contributed by atoms with Crippen molar-refractivity contribution in [2.45, 2.75) is 32.2 Å². The lowest BCUT2D eigenvalue weighted by molar-refractivity contribution is 0.697. The van der Waals surface area contributed by atoms with E-state index in [1.807, 2.05) is 0 Å². The summed E-state index contributed by atoms with van der Waals surface area (Å²) in [6, 6.07) is 0. The molecule has 0 bridgehead atoms. The fourth-order valence-corrected chi connectivity index (χ4v) is 5.07.